The predicted molar refractivity (Wildman–Crippen MR) is 76.7 cm³/mol. The normalized spacial score (nSPS) is 10.2. The lowest BCUT2D eigenvalue weighted by molar-refractivity contribution is 0.779. The number of hydrogen-bond donors (Lipinski definition) is 0. The minimum atomic E-state index is 1.24. The van der Waals surface area contributed by atoms with E-state index in [2.05, 4.69) is 51.1 Å². The molecule has 0 N–H and O–H groups in total. The van der Waals surface area contributed by atoms with E-state index >= 15 is 0 Å². The zero-order valence-corrected chi connectivity index (χ0v) is 11.4. The van der Waals surface area contributed by atoms with Crippen molar-refractivity contribution in [3.8, 4) is 0 Å². The van der Waals surface area contributed by atoms with Gasteiger partial charge in [0, 0.05) is 4.91 Å². The second kappa shape index (κ2) is 7.56. The fourth-order valence-corrected chi connectivity index (χ4v) is 2.78. The lowest BCUT2D eigenvalue weighted by Crippen LogP contribution is -1.86. The van der Waals surface area contributed by atoms with E-state index in [1.165, 1.54) is 41.1 Å². The maximum absolute atomic E-state index is 2.25. The predicted octanol–water partition coefficient (Wildman–Crippen LogP) is 5.36. The highest BCUT2D eigenvalue weighted by atomic mass is 32.2. The molecule has 0 unspecified atom stereocenters. The highest BCUT2D eigenvalue weighted by Gasteiger charge is 2.03. The van der Waals surface area contributed by atoms with Crippen LogP contribution in [0.1, 0.15) is 45.6 Å². The van der Waals surface area contributed by atoms with Gasteiger partial charge in [0.2, 0.25) is 0 Å². The number of hydrogen-bond acceptors (Lipinski definition) is 1. The second-order valence-electron chi connectivity index (χ2n) is 4.25. The average molecular weight is 234 g/mol. The van der Waals surface area contributed by atoms with Gasteiger partial charge in [-0.05, 0) is 31.6 Å². The summed E-state index contributed by atoms with van der Waals surface area (Å²) in [5, 5.41) is 0. The molecule has 1 aromatic rings. The molecule has 0 amide bonds. The number of benzene rings is 1. The molecule has 0 aliphatic rings. The summed E-state index contributed by atoms with van der Waals surface area (Å²) in [5.41, 5.74) is 2.79. The van der Waals surface area contributed by atoms with Crippen molar-refractivity contribution in [3.63, 3.8) is 0 Å². The van der Waals surface area contributed by atoms with Crippen molar-refractivity contribution in [1.82, 2.24) is 0 Å². The molecule has 1 aromatic carbocycles. The first-order chi connectivity index (χ1) is 7.75. The molecule has 1 heteroatoms. The second-order valence-corrected chi connectivity index (χ2v) is 5.36. The molecule has 0 nitrogen and oxygen atoms in total. The molecule has 0 aliphatic carbocycles. The van der Waals surface area contributed by atoms with E-state index in [9.17, 15) is 0 Å². The van der Waals surface area contributed by atoms with Crippen LogP contribution in [0.25, 0.3) is 4.91 Å². The summed E-state index contributed by atoms with van der Waals surface area (Å²) in [6.07, 6.45) is 3.97. The van der Waals surface area contributed by atoms with Crippen molar-refractivity contribution in [2.45, 2.75) is 40.0 Å². The van der Waals surface area contributed by atoms with Crippen molar-refractivity contribution in [2.24, 2.45) is 0 Å². The summed E-state index contributed by atoms with van der Waals surface area (Å²) in [7, 11) is 0. The molecule has 0 radical (unpaired) electrons. The largest absolute Gasteiger partial charge is 0.126 e. The Labute approximate surface area is 104 Å². The minimum Gasteiger partial charge on any atom is -0.126 e. The van der Waals surface area contributed by atoms with Crippen LogP contribution in [0, 0.1) is 0 Å². The average Bonchev–Trinajstić information content (AvgIpc) is 2.30. The molecule has 0 fully saturated rings. The zero-order valence-electron chi connectivity index (χ0n) is 10.6. The Bertz CT molecular complexity index is 321. The fourth-order valence-electron chi connectivity index (χ4n) is 1.63. The van der Waals surface area contributed by atoms with Crippen molar-refractivity contribution >= 4 is 16.7 Å². The summed E-state index contributed by atoms with van der Waals surface area (Å²) in [6.45, 7) is 6.66. The molecule has 0 aromatic heterocycles. The quantitative estimate of drug-likeness (QED) is 0.597. The molecule has 0 bridgehead atoms. The van der Waals surface area contributed by atoms with Crippen LogP contribution in [0.15, 0.2) is 35.9 Å². The third-order valence-electron chi connectivity index (χ3n) is 2.48. The lowest BCUT2D eigenvalue weighted by atomic mass is 10.1. The summed E-state index contributed by atoms with van der Waals surface area (Å²) < 4.78 is 0. The maximum Gasteiger partial charge on any atom is 0.0131 e. The molecule has 88 valence electrons. The number of thioether (sulfide) groups is 1. The van der Waals surface area contributed by atoms with Gasteiger partial charge in [-0.15, -0.1) is 11.8 Å². The molecule has 0 saturated carbocycles. The molecular formula is C15H22S. The van der Waals surface area contributed by atoms with Gasteiger partial charge < -0.3 is 0 Å². The van der Waals surface area contributed by atoms with E-state index in [1.807, 2.05) is 11.8 Å². The van der Waals surface area contributed by atoms with Gasteiger partial charge in [-0.2, -0.15) is 0 Å². The standard InChI is InChI=1S/C15H22S/c1-4-5-9-12-16-15(13(2)3)14-10-7-6-8-11-14/h6-8,10-11H,4-5,9,12H2,1-3H3. The maximum atomic E-state index is 2.25. The van der Waals surface area contributed by atoms with E-state index < -0.39 is 0 Å². The Morgan fingerprint density at radius 1 is 1.06 bits per heavy atom. The van der Waals surface area contributed by atoms with Crippen LogP contribution >= 0.6 is 11.8 Å². The number of rotatable bonds is 6. The van der Waals surface area contributed by atoms with Gasteiger partial charge in [-0.1, -0.05) is 55.7 Å². The molecule has 0 heterocycles. The van der Waals surface area contributed by atoms with Crippen molar-refractivity contribution in [3.05, 3.63) is 41.5 Å². The van der Waals surface area contributed by atoms with E-state index in [0.717, 1.165) is 0 Å². The molecule has 0 spiro atoms. The van der Waals surface area contributed by atoms with Gasteiger partial charge in [0.1, 0.15) is 0 Å². The van der Waals surface area contributed by atoms with Crippen LogP contribution in [-0.4, -0.2) is 5.75 Å². The summed E-state index contributed by atoms with van der Waals surface area (Å²) in [4.78, 5) is 1.46. The van der Waals surface area contributed by atoms with Gasteiger partial charge >= 0.3 is 0 Å². The molecule has 0 saturated heterocycles. The van der Waals surface area contributed by atoms with Gasteiger partial charge in [0.25, 0.3) is 0 Å². The van der Waals surface area contributed by atoms with Crippen LogP contribution in [-0.2, 0) is 0 Å². The third kappa shape index (κ3) is 4.44. The van der Waals surface area contributed by atoms with E-state index in [0.29, 0.717) is 0 Å². The van der Waals surface area contributed by atoms with Gasteiger partial charge in [-0.3, -0.25) is 0 Å². The van der Waals surface area contributed by atoms with Crippen LogP contribution in [0.2, 0.25) is 0 Å². The Morgan fingerprint density at radius 3 is 2.31 bits per heavy atom. The Morgan fingerprint density at radius 2 is 1.75 bits per heavy atom. The van der Waals surface area contributed by atoms with Crippen molar-refractivity contribution < 1.29 is 0 Å². The number of unbranched alkanes of at least 4 members (excludes halogenated alkanes) is 2. The van der Waals surface area contributed by atoms with E-state index in [4.69, 9.17) is 0 Å². The van der Waals surface area contributed by atoms with Crippen LogP contribution in [0.4, 0.5) is 0 Å². The SMILES string of the molecule is CCCCCSC(=C(C)C)c1ccccc1. The number of allylic oxidation sites excluding steroid dienone is 1. The minimum absolute atomic E-state index is 1.24. The molecule has 0 aliphatic heterocycles. The zero-order chi connectivity index (χ0) is 11.8. The smallest absolute Gasteiger partial charge is 0.0131 e. The summed E-state index contributed by atoms with van der Waals surface area (Å²) in [6, 6.07) is 10.7. The molecule has 16 heavy (non-hydrogen) atoms. The lowest BCUT2D eigenvalue weighted by Gasteiger charge is -2.09. The molecule has 0 atom stereocenters. The van der Waals surface area contributed by atoms with Crippen LogP contribution in [0.3, 0.4) is 0 Å². The van der Waals surface area contributed by atoms with Crippen molar-refractivity contribution in [2.75, 3.05) is 5.75 Å². The van der Waals surface area contributed by atoms with Crippen LogP contribution in [0.5, 0.6) is 0 Å². The highest BCUT2D eigenvalue weighted by molar-refractivity contribution is 8.08. The first-order valence-electron chi connectivity index (χ1n) is 6.11. The van der Waals surface area contributed by atoms with E-state index in [-0.39, 0.29) is 0 Å². The van der Waals surface area contributed by atoms with Gasteiger partial charge in [0.15, 0.2) is 0 Å². The van der Waals surface area contributed by atoms with Gasteiger partial charge in [0.05, 0.1) is 0 Å². The Kier molecular flexibility index (Phi) is 6.32. The first-order valence-corrected chi connectivity index (χ1v) is 7.10. The summed E-state index contributed by atoms with van der Waals surface area (Å²) in [5.74, 6) is 1.24. The molecular weight excluding hydrogens is 212 g/mol. The third-order valence-corrected chi connectivity index (χ3v) is 3.91. The fraction of sp³-hybridized carbons (Fsp3) is 0.467. The first kappa shape index (κ1) is 13.4. The monoisotopic (exact) mass is 234 g/mol. The highest BCUT2D eigenvalue weighted by Crippen LogP contribution is 2.31. The van der Waals surface area contributed by atoms with Gasteiger partial charge in [-0.25, -0.2) is 0 Å². The van der Waals surface area contributed by atoms with Crippen molar-refractivity contribution in [1.29, 1.82) is 0 Å². The topological polar surface area (TPSA) is 0 Å². The van der Waals surface area contributed by atoms with Crippen LogP contribution < -0.4 is 0 Å². The van der Waals surface area contributed by atoms with E-state index in [1.54, 1.807) is 0 Å². The summed E-state index contributed by atoms with van der Waals surface area (Å²) >= 11 is 2.00. The Balaban J connectivity index is 2.61. The molecule has 1 rings (SSSR count). The Hall–Kier alpha value is -0.690.